The predicted octanol–water partition coefficient (Wildman–Crippen LogP) is 0.922. The molecule has 17 heavy (non-hydrogen) atoms. The van der Waals surface area contributed by atoms with Gasteiger partial charge in [-0.3, -0.25) is 0 Å². The van der Waals surface area contributed by atoms with Gasteiger partial charge in [-0.15, -0.1) is 0 Å². The highest BCUT2D eigenvalue weighted by atomic mass is 35.5. The van der Waals surface area contributed by atoms with Crippen LogP contribution in [0.1, 0.15) is 19.3 Å². The number of anilines is 1. The summed E-state index contributed by atoms with van der Waals surface area (Å²) in [6, 6.07) is -0.642. The fraction of sp³-hybridized carbons (Fsp3) is 0.600. The first-order chi connectivity index (χ1) is 8.08. The fourth-order valence-electron chi connectivity index (χ4n) is 1.99. The molecule has 7 heteroatoms. The molecule has 0 bridgehead atoms. The van der Waals surface area contributed by atoms with Crippen LogP contribution in [0, 0.1) is 5.82 Å². The molecule has 3 atom stereocenters. The normalized spacial score (nSPS) is 29.1. The van der Waals surface area contributed by atoms with E-state index >= 15 is 0 Å². The Morgan fingerprint density at radius 1 is 1.53 bits per heavy atom. The van der Waals surface area contributed by atoms with Crippen LogP contribution >= 0.6 is 11.6 Å². The van der Waals surface area contributed by atoms with Gasteiger partial charge in [-0.2, -0.15) is 4.98 Å². The number of hydrogen-bond acceptors (Lipinski definition) is 5. The molecule has 0 aromatic carbocycles. The molecule has 0 aliphatic heterocycles. The van der Waals surface area contributed by atoms with E-state index in [1.54, 1.807) is 0 Å². The molecular weight excluding hydrogens is 247 g/mol. The number of halogens is 2. The van der Waals surface area contributed by atoms with E-state index in [1.165, 1.54) is 0 Å². The highest BCUT2D eigenvalue weighted by molar-refractivity contribution is 6.28. The standard InChI is InChI=1S/C10H14ClFN4O/c11-10-14-4-5(12)9(16-10)15-6-2-1-3-7(17)8(6)13/h4,6-8,17H,1-3,13H2,(H,14,15,16)/t6-,7+,8+/m0/s1. The number of hydrogen-bond donors (Lipinski definition) is 3. The van der Waals surface area contributed by atoms with Crippen LogP contribution in [0.2, 0.25) is 5.28 Å². The van der Waals surface area contributed by atoms with Crippen LogP contribution in [0.4, 0.5) is 10.2 Å². The van der Waals surface area contributed by atoms with Gasteiger partial charge in [0, 0.05) is 6.04 Å². The summed E-state index contributed by atoms with van der Waals surface area (Å²) in [4.78, 5) is 7.28. The zero-order valence-electron chi connectivity index (χ0n) is 9.11. The largest absolute Gasteiger partial charge is 0.391 e. The van der Waals surface area contributed by atoms with Crippen molar-refractivity contribution in [1.82, 2.24) is 9.97 Å². The van der Waals surface area contributed by atoms with Gasteiger partial charge in [0.2, 0.25) is 5.28 Å². The lowest BCUT2D eigenvalue weighted by Crippen LogP contribution is -2.51. The molecule has 1 aromatic heterocycles. The average Bonchev–Trinajstić information content (AvgIpc) is 2.30. The van der Waals surface area contributed by atoms with Gasteiger partial charge in [0.25, 0.3) is 0 Å². The highest BCUT2D eigenvalue weighted by Gasteiger charge is 2.29. The molecule has 1 saturated carbocycles. The molecule has 94 valence electrons. The average molecular weight is 261 g/mol. The molecule has 0 unspecified atom stereocenters. The van der Waals surface area contributed by atoms with Crippen molar-refractivity contribution in [1.29, 1.82) is 0 Å². The summed E-state index contributed by atoms with van der Waals surface area (Å²) in [7, 11) is 0. The van der Waals surface area contributed by atoms with E-state index in [-0.39, 0.29) is 17.1 Å². The minimum absolute atomic E-state index is 0.0274. The molecule has 5 nitrogen and oxygen atoms in total. The second kappa shape index (κ2) is 5.12. The van der Waals surface area contributed by atoms with Gasteiger partial charge in [0.1, 0.15) is 0 Å². The van der Waals surface area contributed by atoms with E-state index in [0.717, 1.165) is 19.0 Å². The predicted molar refractivity (Wildman–Crippen MR) is 62.2 cm³/mol. The van der Waals surface area contributed by atoms with Crippen LogP contribution in [0.15, 0.2) is 6.20 Å². The Hall–Kier alpha value is -0.980. The Bertz CT molecular complexity index is 406. The maximum Gasteiger partial charge on any atom is 0.224 e. The molecule has 0 saturated heterocycles. The Labute approximate surface area is 103 Å². The van der Waals surface area contributed by atoms with Gasteiger partial charge >= 0.3 is 0 Å². The van der Waals surface area contributed by atoms with Crippen LogP contribution < -0.4 is 11.1 Å². The van der Waals surface area contributed by atoms with Gasteiger partial charge < -0.3 is 16.2 Å². The van der Waals surface area contributed by atoms with E-state index in [9.17, 15) is 9.50 Å². The lowest BCUT2D eigenvalue weighted by Gasteiger charge is -2.33. The zero-order valence-corrected chi connectivity index (χ0v) is 9.86. The van der Waals surface area contributed by atoms with Gasteiger partial charge in [-0.25, -0.2) is 9.37 Å². The molecule has 1 aliphatic rings. The van der Waals surface area contributed by atoms with Crippen LogP contribution in [-0.2, 0) is 0 Å². The van der Waals surface area contributed by atoms with Gasteiger partial charge in [-0.05, 0) is 30.9 Å². The molecule has 0 spiro atoms. The van der Waals surface area contributed by atoms with Crippen molar-refractivity contribution in [3.63, 3.8) is 0 Å². The molecule has 1 heterocycles. The number of aliphatic hydroxyl groups is 1. The molecule has 1 fully saturated rings. The molecule has 1 aromatic rings. The Balaban J connectivity index is 2.11. The lowest BCUT2D eigenvalue weighted by atomic mass is 9.88. The van der Waals surface area contributed by atoms with Crippen molar-refractivity contribution in [2.45, 2.75) is 37.5 Å². The molecular formula is C10H14ClFN4O. The van der Waals surface area contributed by atoms with Crippen molar-refractivity contribution < 1.29 is 9.50 Å². The Kier molecular flexibility index (Phi) is 3.76. The summed E-state index contributed by atoms with van der Waals surface area (Å²) in [5, 5.41) is 12.5. The third-order valence-corrected chi connectivity index (χ3v) is 3.14. The summed E-state index contributed by atoms with van der Waals surface area (Å²) in [5.74, 6) is -0.554. The zero-order chi connectivity index (χ0) is 12.4. The highest BCUT2D eigenvalue weighted by Crippen LogP contribution is 2.22. The molecule has 2 rings (SSSR count). The van der Waals surface area contributed by atoms with E-state index < -0.39 is 18.0 Å². The Morgan fingerprint density at radius 2 is 2.29 bits per heavy atom. The van der Waals surface area contributed by atoms with Crippen LogP contribution in [0.3, 0.4) is 0 Å². The van der Waals surface area contributed by atoms with Gasteiger partial charge in [0.05, 0.1) is 18.3 Å². The minimum atomic E-state index is -0.582. The fourth-order valence-corrected chi connectivity index (χ4v) is 2.12. The van der Waals surface area contributed by atoms with Crippen LogP contribution in [0.5, 0.6) is 0 Å². The van der Waals surface area contributed by atoms with E-state index in [4.69, 9.17) is 17.3 Å². The first kappa shape index (κ1) is 12.5. The number of nitrogens with two attached hydrogens (primary N) is 1. The van der Waals surface area contributed by atoms with E-state index in [0.29, 0.717) is 6.42 Å². The minimum Gasteiger partial charge on any atom is -0.391 e. The van der Waals surface area contributed by atoms with Crippen molar-refractivity contribution >= 4 is 17.4 Å². The number of nitrogens with zero attached hydrogens (tertiary/aromatic N) is 2. The number of aliphatic hydroxyl groups excluding tert-OH is 1. The van der Waals surface area contributed by atoms with Gasteiger partial charge in [-0.1, -0.05) is 0 Å². The second-order valence-corrected chi connectivity index (χ2v) is 4.50. The van der Waals surface area contributed by atoms with E-state index in [2.05, 4.69) is 15.3 Å². The summed E-state index contributed by atoms with van der Waals surface area (Å²) in [6.45, 7) is 0. The van der Waals surface area contributed by atoms with Crippen LogP contribution in [0.25, 0.3) is 0 Å². The SMILES string of the molecule is N[C@H]1[C@H](O)CCC[C@@H]1Nc1nc(Cl)ncc1F. The molecule has 4 N–H and O–H groups in total. The maximum absolute atomic E-state index is 13.4. The monoisotopic (exact) mass is 260 g/mol. The summed E-state index contributed by atoms with van der Waals surface area (Å²) >= 11 is 5.59. The summed E-state index contributed by atoms with van der Waals surface area (Å²) in [5.41, 5.74) is 5.85. The number of nitrogens with one attached hydrogen (secondary N) is 1. The third-order valence-electron chi connectivity index (χ3n) is 2.96. The van der Waals surface area contributed by atoms with Crippen molar-refractivity contribution in [3.05, 3.63) is 17.3 Å². The first-order valence-corrected chi connectivity index (χ1v) is 5.84. The smallest absolute Gasteiger partial charge is 0.224 e. The second-order valence-electron chi connectivity index (χ2n) is 4.16. The third kappa shape index (κ3) is 2.83. The summed E-state index contributed by atoms with van der Waals surface area (Å²) < 4.78 is 13.4. The maximum atomic E-state index is 13.4. The summed E-state index contributed by atoms with van der Waals surface area (Å²) in [6.07, 6.45) is 2.71. The van der Waals surface area contributed by atoms with Crippen LogP contribution in [-0.4, -0.2) is 33.3 Å². The quantitative estimate of drug-likeness (QED) is 0.689. The van der Waals surface area contributed by atoms with Gasteiger partial charge in [0.15, 0.2) is 11.6 Å². The lowest BCUT2D eigenvalue weighted by molar-refractivity contribution is 0.101. The van der Waals surface area contributed by atoms with Crippen molar-refractivity contribution in [3.8, 4) is 0 Å². The van der Waals surface area contributed by atoms with E-state index in [1.807, 2.05) is 0 Å². The first-order valence-electron chi connectivity index (χ1n) is 5.46. The number of aromatic nitrogens is 2. The number of rotatable bonds is 2. The molecule has 0 radical (unpaired) electrons. The Morgan fingerprint density at radius 3 is 3.06 bits per heavy atom. The molecule has 1 aliphatic carbocycles. The molecule has 0 amide bonds. The topological polar surface area (TPSA) is 84.1 Å². The van der Waals surface area contributed by atoms with Crippen molar-refractivity contribution in [2.24, 2.45) is 5.73 Å². The van der Waals surface area contributed by atoms with Crippen molar-refractivity contribution in [2.75, 3.05) is 5.32 Å².